The number of hydrogen-bond acceptors (Lipinski definition) is 6. The van der Waals surface area contributed by atoms with Crippen molar-refractivity contribution in [3.63, 3.8) is 0 Å². The van der Waals surface area contributed by atoms with Gasteiger partial charge in [-0.1, -0.05) is 0 Å². The quantitative estimate of drug-likeness (QED) is 0.542. The minimum atomic E-state index is -0.0610. The van der Waals surface area contributed by atoms with E-state index in [1.807, 2.05) is 38.5 Å². The van der Waals surface area contributed by atoms with Crippen molar-refractivity contribution in [3.05, 3.63) is 53.3 Å². The Hall–Kier alpha value is -3.13. The van der Waals surface area contributed by atoms with Gasteiger partial charge in [0.25, 0.3) is 11.3 Å². The number of aryl methyl sites for hydroxylation is 1. The van der Waals surface area contributed by atoms with Crippen LogP contribution in [0.15, 0.2) is 47.8 Å². The molecule has 0 atom stereocenters. The van der Waals surface area contributed by atoms with Crippen LogP contribution in [0.1, 0.15) is 6.42 Å². The molecule has 0 saturated carbocycles. The molecule has 0 fully saturated rings. The van der Waals surface area contributed by atoms with Gasteiger partial charge < -0.3 is 9.47 Å². The maximum absolute atomic E-state index is 12.8. The van der Waals surface area contributed by atoms with Crippen molar-refractivity contribution in [1.82, 2.24) is 34.0 Å². The van der Waals surface area contributed by atoms with E-state index in [1.54, 1.807) is 27.7 Å². The molecule has 0 saturated heterocycles. The monoisotopic (exact) mass is 349 g/mol. The molecule has 8 nitrogen and oxygen atoms in total. The summed E-state index contributed by atoms with van der Waals surface area (Å²) in [5.74, 6) is 0.995. The first-order valence-corrected chi connectivity index (χ1v) is 8.43. The fourth-order valence-corrected chi connectivity index (χ4v) is 2.91. The van der Waals surface area contributed by atoms with Crippen molar-refractivity contribution in [1.29, 1.82) is 0 Å². The SMILES string of the molecule is CN(C)CCCn1ccc2c(cnc3nc(-c4cccnc4)nn32)c1=O. The van der Waals surface area contributed by atoms with E-state index < -0.39 is 0 Å². The molecule has 0 N–H and O–H groups in total. The predicted molar refractivity (Wildman–Crippen MR) is 99.0 cm³/mol. The Balaban J connectivity index is 1.77. The summed E-state index contributed by atoms with van der Waals surface area (Å²) in [5, 5.41) is 5.05. The number of aromatic nitrogens is 6. The highest BCUT2D eigenvalue weighted by Gasteiger charge is 2.12. The van der Waals surface area contributed by atoms with Gasteiger partial charge in [0, 0.05) is 36.9 Å². The standard InChI is InChI=1S/C18H19N7O/c1-23(2)8-4-9-24-10-6-15-14(17(24)26)12-20-18-21-16(22-25(15)18)13-5-3-7-19-11-13/h3,5-7,10-12H,4,8-9H2,1-2H3. The molecule has 0 unspecified atom stereocenters. The average Bonchev–Trinajstić information content (AvgIpc) is 3.09. The third-order valence-electron chi connectivity index (χ3n) is 4.23. The van der Waals surface area contributed by atoms with E-state index in [0.717, 1.165) is 18.5 Å². The summed E-state index contributed by atoms with van der Waals surface area (Å²) in [6, 6.07) is 5.61. The molecule has 0 aromatic carbocycles. The lowest BCUT2D eigenvalue weighted by molar-refractivity contribution is 0.385. The second kappa shape index (κ2) is 6.64. The Bertz CT molecular complexity index is 1120. The minimum Gasteiger partial charge on any atom is -0.315 e. The van der Waals surface area contributed by atoms with Crippen molar-refractivity contribution in [2.75, 3.05) is 20.6 Å². The Kier molecular flexibility index (Phi) is 4.18. The van der Waals surface area contributed by atoms with Gasteiger partial charge in [0.1, 0.15) is 0 Å². The van der Waals surface area contributed by atoms with Crippen LogP contribution in [-0.2, 0) is 6.54 Å². The molecule has 0 spiro atoms. The highest BCUT2D eigenvalue weighted by molar-refractivity contribution is 5.79. The molecule has 0 aliphatic heterocycles. The lowest BCUT2D eigenvalue weighted by Gasteiger charge is -2.11. The largest absolute Gasteiger partial charge is 0.315 e. The van der Waals surface area contributed by atoms with E-state index >= 15 is 0 Å². The topological polar surface area (TPSA) is 81.2 Å². The second-order valence-corrected chi connectivity index (χ2v) is 6.42. The van der Waals surface area contributed by atoms with Crippen LogP contribution < -0.4 is 5.56 Å². The van der Waals surface area contributed by atoms with Gasteiger partial charge >= 0.3 is 0 Å². The first kappa shape index (κ1) is 16.3. The molecule has 0 bridgehead atoms. The van der Waals surface area contributed by atoms with Gasteiger partial charge in [-0.2, -0.15) is 9.50 Å². The van der Waals surface area contributed by atoms with Crippen molar-refractivity contribution in [2.45, 2.75) is 13.0 Å². The molecule has 4 rings (SSSR count). The molecule has 0 amide bonds. The fraction of sp³-hybridized carbons (Fsp3) is 0.278. The molecule has 0 radical (unpaired) electrons. The van der Waals surface area contributed by atoms with Gasteiger partial charge in [-0.05, 0) is 45.3 Å². The van der Waals surface area contributed by atoms with E-state index in [1.165, 1.54) is 0 Å². The highest BCUT2D eigenvalue weighted by atomic mass is 16.1. The van der Waals surface area contributed by atoms with E-state index in [9.17, 15) is 4.79 Å². The van der Waals surface area contributed by atoms with Crippen LogP contribution in [0.5, 0.6) is 0 Å². The summed E-state index contributed by atoms with van der Waals surface area (Å²) < 4.78 is 3.33. The lowest BCUT2D eigenvalue weighted by Crippen LogP contribution is -2.23. The molecule has 132 valence electrons. The summed E-state index contributed by atoms with van der Waals surface area (Å²) in [6.07, 6.45) is 7.70. The zero-order chi connectivity index (χ0) is 18.1. The second-order valence-electron chi connectivity index (χ2n) is 6.42. The molecule has 4 aromatic rings. The van der Waals surface area contributed by atoms with Gasteiger partial charge in [0.05, 0.1) is 10.9 Å². The number of hydrogen-bond donors (Lipinski definition) is 0. The zero-order valence-electron chi connectivity index (χ0n) is 14.7. The number of pyridine rings is 2. The smallest absolute Gasteiger partial charge is 0.261 e. The maximum Gasteiger partial charge on any atom is 0.261 e. The predicted octanol–water partition coefficient (Wildman–Crippen LogP) is 1.45. The molecule has 4 heterocycles. The van der Waals surface area contributed by atoms with Crippen LogP contribution in [-0.4, -0.2) is 54.7 Å². The third kappa shape index (κ3) is 2.95. The first-order valence-electron chi connectivity index (χ1n) is 8.43. The number of rotatable bonds is 5. The van der Waals surface area contributed by atoms with Gasteiger partial charge in [-0.25, -0.2) is 4.98 Å². The van der Waals surface area contributed by atoms with Crippen molar-refractivity contribution in [3.8, 4) is 11.4 Å². The molecular formula is C18H19N7O. The summed E-state index contributed by atoms with van der Waals surface area (Å²) in [4.78, 5) is 27.7. The van der Waals surface area contributed by atoms with E-state index in [4.69, 9.17) is 0 Å². The van der Waals surface area contributed by atoms with Crippen molar-refractivity contribution in [2.24, 2.45) is 0 Å². The van der Waals surface area contributed by atoms with E-state index in [2.05, 4.69) is 25.0 Å². The van der Waals surface area contributed by atoms with Crippen LogP contribution in [0.25, 0.3) is 28.1 Å². The molecule has 4 aromatic heterocycles. The molecule has 26 heavy (non-hydrogen) atoms. The van der Waals surface area contributed by atoms with Gasteiger partial charge in [0.15, 0.2) is 5.82 Å². The maximum atomic E-state index is 12.8. The van der Waals surface area contributed by atoms with Crippen LogP contribution in [0.4, 0.5) is 0 Å². The highest BCUT2D eigenvalue weighted by Crippen LogP contribution is 2.16. The fourth-order valence-electron chi connectivity index (χ4n) is 2.91. The summed E-state index contributed by atoms with van der Waals surface area (Å²) in [5.41, 5.74) is 1.45. The van der Waals surface area contributed by atoms with Crippen molar-refractivity contribution < 1.29 is 0 Å². The first-order chi connectivity index (χ1) is 12.6. The number of fused-ring (bicyclic) bond motifs is 3. The Morgan fingerprint density at radius 3 is 2.85 bits per heavy atom. The Morgan fingerprint density at radius 1 is 1.19 bits per heavy atom. The van der Waals surface area contributed by atoms with Crippen LogP contribution in [0.3, 0.4) is 0 Å². The van der Waals surface area contributed by atoms with Crippen molar-refractivity contribution >= 4 is 16.7 Å². The van der Waals surface area contributed by atoms with Crippen LogP contribution in [0.2, 0.25) is 0 Å². The van der Waals surface area contributed by atoms with Gasteiger partial charge in [-0.15, -0.1) is 5.10 Å². The van der Waals surface area contributed by atoms with Gasteiger partial charge in [0.2, 0.25) is 0 Å². The minimum absolute atomic E-state index is 0.0610. The van der Waals surface area contributed by atoms with Crippen LogP contribution in [0, 0.1) is 0 Å². The Labute approximate surface area is 149 Å². The summed E-state index contributed by atoms with van der Waals surface area (Å²) >= 11 is 0. The van der Waals surface area contributed by atoms with E-state index in [0.29, 0.717) is 29.0 Å². The molecule has 0 aliphatic carbocycles. The average molecular weight is 349 g/mol. The van der Waals surface area contributed by atoms with E-state index in [-0.39, 0.29) is 5.56 Å². The summed E-state index contributed by atoms with van der Waals surface area (Å²) in [7, 11) is 4.04. The number of nitrogens with zero attached hydrogens (tertiary/aromatic N) is 7. The lowest BCUT2D eigenvalue weighted by atomic mass is 10.3. The molecule has 8 heteroatoms. The zero-order valence-corrected chi connectivity index (χ0v) is 14.7. The van der Waals surface area contributed by atoms with Crippen LogP contribution >= 0.6 is 0 Å². The molecule has 0 aliphatic rings. The summed E-state index contributed by atoms with van der Waals surface area (Å²) in [6.45, 7) is 1.60. The van der Waals surface area contributed by atoms with Gasteiger partial charge in [-0.3, -0.25) is 9.78 Å². The Morgan fingerprint density at radius 2 is 2.08 bits per heavy atom. The molecular weight excluding hydrogens is 330 g/mol. The normalized spacial score (nSPS) is 11.7. The third-order valence-corrected chi connectivity index (χ3v) is 4.23.